The fourth-order valence-corrected chi connectivity index (χ4v) is 2.54. The van der Waals surface area contributed by atoms with Gasteiger partial charge < -0.3 is 10.1 Å². The SMILES string of the molecule is CCNC(c1cccc(OCC)c1)c1ncccc1CC. The van der Waals surface area contributed by atoms with E-state index in [0.29, 0.717) is 6.61 Å². The van der Waals surface area contributed by atoms with E-state index in [1.807, 2.05) is 31.3 Å². The Morgan fingerprint density at radius 1 is 1.14 bits per heavy atom. The summed E-state index contributed by atoms with van der Waals surface area (Å²) >= 11 is 0. The number of aryl methyl sites for hydroxylation is 1. The molecule has 0 aliphatic rings. The second-order valence-electron chi connectivity index (χ2n) is 4.90. The van der Waals surface area contributed by atoms with E-state index in [1.165, 1.54) is 11.1 Å². The second kappa shape index (κ2) is 7.79. The monoisotopic (exact) mass is 284 g/mol. The molecule has 0 saturated heterocycles. The summed E-state index contributed by atoms with van der Waals surface area (Å²) in [6, 6.07) is 12.5. The van der Waals surface area contributed by atoms with Gasteiger partial charge >= 0.3 is 0 Å². The van der Waals surface area contributed by atoms with Crippen LogP contribution in [0.3, 0.4) is 0 Å². The average molecular weight is 284 g/mol. The summed E-state index contributed by atoms with van der Waals surface area (Å²) in [7, 11) is 0. The molecule has 0 radical (unpaired) electrons. The summed E-state index contributed by atoms with van der Waals surface area (Å²) in [5, 5.41) is 3.54. The molecule has 21 heavy (non-hydrogen) atoms. The van der Waals surface area contributed by atoms with Gasteiger partial charge in [0, 0.05) is 6.20 Å². The predicted molar refractivity (Wildman–Crippen MR) is 86.7 cm³/mol. The molecule has 2 aromatic rings. The van der Waals surface area contributed by atoms with Gasteiger partial charge in [-0.15, -0.1) is 0 Å². The van der Waals surface area contributed by atoms with Gasteiger partial charge in [0.2, 0.25) is 0 Å². The minimum absolute atomic E-state index is 0.103. The highest BCUT2D eigenvalue weighted by atomic mass is 16.5. The molecule has 2 rings (SSSR count). The van der Waals surface area contributed by atoms with Crippen LogP contribution in [0.4, 0.5) is 0 Å². The molecule has 0 aliphatic carbocycles. The Kier molecular flexibility index (Phi) is 5.76. The van der Waals surface area contributed by atoms with E-state index in [4.69, 9.17) is 4.74 Å². The first-order valence-electron chi connectivity index (χ1n) is 7.70. The summed E-state index contributed by atoms with van der Waals surface area (Å²) < 4.78 is 5.62. The number of aromatic nitrogens is 1. The number of hydrogen-bond acceptors (Lipinski definition) is 3. The Labute approximate surface area is 127 Å². The molecular weight excluding hydrogens is 260 g/mol. The standard InChI is InChI=1S/C18H24N2O/c1-4-14-10-8-12-20-17(14)18(19-5-2)15-9-7-11-16(13-15)21-6-3/h7-13,18-19H,4-6H2,1-3H3. The maximum atomic E-state index is 5.62. The van der Waals surface area contributed by atoms with Gasteiger partial charge in [-0.1, -0.05) is 32.0 Å². The molecule has 0 saturated carbocycles. The largest absolute Gasteiger partial charge is 0.494 e. The van der Waals surface area contributed by atoms with Crippen molar-refractivity contribution in [3.8, 4) is 5.75 Å². The first-order valence-corrected chi connectivity index (χ1v) is 7.70. The van der Waals surface area contributed by atoms with Crippen molar-refractivity contribution in [2.24, 2.45) is 0 Å². The Bertz CT molecular complexity index is 569. The van der Waals surface area contributed by atoms with Crippen LogP contribution in [-0.4, -0.2) is 18.1 Å². The van der Waals surface area contributed by atoms with Gasteiger partial charge in [-0.3, -0.25) is 4.98 Å². The van der Waals surface area contributed by atoms with Crippen molar-refractivity contribution in [1.29, 1.82) is 0 Å². The van der Waals surface area contributed by atoms with Crippen LogP contribution in [0.2, 0.25) is 0 Å². The fraction of sp³-hybridized carbons (Fsp3) is 0.389. The molecule has 1 atom stereocenters. The third-order valence-electron chi connectivity index (χ3n) is 3.49. The first-order chi connectivity index (χ1) is 10.3. The molecule has 1 unspecified atom stereocenters. The third kappa shape index (κ3) is 3.82. The zero-order valence-corrected chi connectivity index (χ0v) is 13.1. The van der Waals surface area contributed by atoms with E-state index in [-0.39, 0.29) is 6.04 Å². The minimum Gasteiger partial charge on any atom is -0.494 e. The lowest BCUT2D eigenvalue weighted by atomic mass is 9.98. The van der Waals surface area contributed by atoms with E-state index < -0.39 is 0 Å². The maximum absolute atomic E-state index is 5.62. The van der Waals surface area contributed by atoms with E-state index in [0.717, 1.165) is 24.4 Å². The van der Waals surface area contributed by atoms with Crippen LogP contribution >= 0.6 is 0 Å². The highest BCUT2D eigenvalue weighted by molar-refractivity contribution is 5.37. The Morgan fingerprint density at radius 3 is 2.71 bits per heavy atom. The maximum Gasteiger partial charge on any atom is 0.119 e. The molecule has 1 N–H and O–H groups in total. The minimum atomic E-state index is 0.103. The van der Waals surface area contributed by atoms with Crippen molar-refractivity contribution in [1.82, 2.24) is 10.3 Å². The van der Waals surface area contributed by atoms with E-state index in [1.54, 1.807) is 0 Å². The zero-order valence-electron chi connectivity index (χ0n) is 13.1. The molecule has 0 bridgehead atoms. The molecular formula is C18H24N2O. The number of rotatable bonds is 7. The molecule has 1 aromatic carbocycles. The highest BCUT2D eigenvalue weighted by Crippen LogP contribution is 2.26. The van der Waals surface area contributed by atoms with Gasteiger partial charge in [0.05, 0.1) is 18.3 Å². The topological polar surface area (TPSA) is 34.1 Å². The molecule has 0 fully saturated rings. The number of benzene rings is 1. The summed E-state index contributed by atoms with van der Waals surface area (Å²) in [5.41, 5.74) is 3.58. The van der Waals surface area contributed by atoms with Gasteiger partial charge in [-0.2, -0.15) is 0 Å². The molecule has 0 amide bonds. The molecule has 1 aromatic heterocycles. The van der Waals surface area contributed by atoms with Crippen molar-refractivity contribution >= 4 is 0 Å². The van der Waals surface area contributed by atoms with Crippen LogP contribution in [0.1, 0.15) is 43.6 Å². The summed E-state index contributed by atoms with van der Waals surface area (Å²) in [4.78, 5) is 4.62. The van der Waals surface area contributed by atoms with Gasteiger partial charge in [0.1, 0.15) is 5.75 Å². The molecule has 1 heterocycles. The van der Waals surface area contributed by atoms with E-state index in [2.05, 4.69) is 42.3 Å². The van der Waals surface area contributed by atoms with Crippen LogP contribution in [0.5, 0.6) is 5.75 Å². The normalized spacial score (nSPS) is 12.1. The number of hydrogen-bond donors (Lipinski definition) is 1. The van der Waals surface area contributed by atoms with Gasteiger partial charge in [0.15, 0.2) is 0 Å². The van der Waals surface area contributed by atoms with Crippen LogP contribution in [-0.2, 0) is 6.42 Å². The van der Waals surface area contributed by atoms with Crippen molar-refractivity contribution in [2.45, 2.75) is 33.2 Å². The molecule has 3 nitrogen and oxygen atoms in total. The van der Waals surface area contributed by atoms with Gasteiger partial charge in [-0.05, 0) is 49.2 Å². The number of ether oxygens (including phenoxy) is 1. The van der Waals surface area contributed by atoms with Gasteiger partial charge in [-0.25, -0.2) is 0 Å². The van der Waals surface area contributed by atoms with E-state index in [9.17, 15) is 0 Å². The zero-order chi connectivity index (χ0) is 15.1. The van der Waals surface area contributed by atoms with Crippen molar-refractivity contribution < 1.29 is 4.74 Å². The first kappa shape index (κ1) is 15.5. The lowest BCUT2D eigenvalue weighted by Gasteiger charge is -2.21. The average Bonchev–Trinajstić information content (AvgIpc) is 2.53. The smallest absolute Gasteiger partial charge is 0.119 e. The Balaban J connectivity index is 2.40. The lowest BCUT2D eigenvalue weighted by molar-refractivity contribution is 0.339. The van der Waals surface area contributed by atoms with Crippen molar-refractivity contribution in [3.05, 3.63) is 59.4 Å². The van der Waals surface area contributed by atoms with E-state index >= 15 is 0 Å². The van der Waals surface area contributed by atoms with Crippen LogP contribution < -0.4 is 10.1 Å². The quantitative estimate of drug-likeness (QED) is 0.841. The Morgan fingerprint density at radius 2 is 2.00 bits per heavy atom. The molecule has 112 valence electrons. The van der Waals surface area contributed by atoms with Gasteiger partial charge in [0.25, 0.3) is 0 Å². The van der Waals surface area contributed by atoms with Crippen LogP contribution in [0.25, 0.3) is 0 Å². The summed E-state index contributed by atoms with van der Waals surface area (Å²) in [5.74, 6) is 0.909. The fourth-order valence-electron chi connectivity index (χ4n) is 2.54. The Hall–Kier alpha value is -1.87. The van der Waals surface area contributed by atoms with Crippen molar-refractivity contribution in [2.75, 3.05) is 13.2 Å². The summed E-state index contributed by atoms with van der Waals surface area (Å²) in [6.07, 6.45) is 2.85. The lowest BCUT2D eigenvalue weighted by Crippen LogP contribution is -2.24. The van der Waals surface area contributed by atoms with Crippen LogP contribution in [0.15, 0.2) is 42.6 Å². The predicted octanol–water partition coefficient (Wildman–Crippen LogP) is 3.74. The third-order valence-corrected chi connectivity index (χ3v) is 3.49. The van der Waals surface area contributed by atoms with Crippen molar-refractivity contribution in [3.63, 3.8) is 0 Å². The molecule has 0 spiro atoms. The second-order valence-corrected chi connectivity index (χ2v) is 4.90. The number of pyridine rings is 1. The summed E-state index contributed by atoms with van der Waals surface area (Å²) in [6.45, 7) is 7.86. The number of nitrogens with zero attached hydrogens (tertiary/aromatic N) is 1. The number of nitrogens with one attached hydrogen (secondary N) is 1. The van der Waals surface area contributed by atoms with Crippen LogP contribution in [0, 0.1) is 0 Å². The highest BCUT2D eigenvalue weighted by Gasteiger charge is 2.17. The molecule has 3 heteroatoms. The molecule has 0 aliphatic heterocycles.